The van der Waals surface area contributed by atoms with Gasteiger partial charge in [-0.2, -0.15) is 0 Å². The molecule has 0 unspecified atom stereocenters. The van der Waals surface area contributed by atoms with Crippen molar-refractivity contribution in [1.82, 2.24) is 0 Å². The van der Waals surface area contributed by atoms with Crippen LogP contribution in [0.3, 0.4) is 0 Å². The molecular formula is C17H15BrFNO4S. The molecule has 0 bridgehead atoms. The second kappa shape index (κ2) is 7.13. The first kappa shape index (κ1) is 17.9. The molecule has 3 rings (SSSR count). The van der Waals surface area contributed by atoms with Crippen LogP contribution in [-0.2, 0) is 21.4 Å². The molecule has 1 fully saturated rings. The molecule has 1 aliphatic heterocycles. The zero-order valence-electron chi connectivity index (χ0n) is 13.1. The Labute approximate surface area is 153 Å². The molecule has 2 aromatic carbocycles. The molecule has 0 aliphatic carbocycles. The summed E-state index contributed by atoms with van der Waals surface area (Å²) in [5, 5.41) is 0. The SMILES string of the molecule is O=C(OCc1ccc(F)cc1Br)c1cccc(N2CCCS2(=O)=O)c1. The van der Waals surface area contributed by atoms with Crippen LogP contribution in [0.15, 0.2) is 46.9 Å². The number of benzene rings is 2. The van der Waals surface area contributed by atoms with E-state index < -0.39 is 16.0 Å². The van der Waals surface area contributed by atoms with Gasteiger partial charge >= 0.3 is 5.97 Å². The zero-order chi connectivity index (χ0) is 18.0. The number of halogens is 2. The number of hydrogen-bond donors (Lipinski definition) is 0. The summed E-state index contributed by atoms with van der Waals surface area (Å²) in [7, 11) is -3.31. The Morgan fingerprint density at radius 3 is 2.72 bits per heavy atom. The first-order valence-electron chi connectivity index (χ1n) is 7.58. The lowest BCUT2D eigenvalue weighted by atomic mass is 10.2. The average Bonchev–Trinajstić information content (AvgIpc) is 2.93. The number of carbonyl (C=O) groups excluding carboxylic acids is 1. The summed E-state index contributed by atoms with van der Waals surface area (Å²) in [4.78, 5) is 12.2. The van der Waals surface area contributed by atoms with Crippen molar-refractivity contribution >= 4 is 37.6 Å². The normalized spacial score (nSPS) is 16.0. The van der Waals surface area contributed by atoms with E-state index in [9.17, 15) is 17.6 Å². The molecule has 8 heteroatoms. The van der Waals surface area contributed by atoms with E-state index in [0.717, 1.165) is 0 Å². The summed E-state index contributed by atoms with van der Waals surface area (Å²) in [5.74, 6) is -0.851. The Balaban J connectivity index is 1.73. The lowest BCUT2D eigenvalue weighted by molar-refractivity contribution is 0.0472. The highest BCUT2D eigenvalue weighted by Gasteiger charge is 2.28. The first-order valence-corrected chi connectivity index (χ1v) is 9.98. The van der Waals surface area contributed by atoms with Gasteiger partial charge in [-0.25, -0.2) is 17.6 Å². The van der Waals surface area contributed by atoms with Gasteiger partial charge in [-0.05, 0) is 36.8 Å². The molecule has 25 heavy (non-hydrogen) atoms. The van der Waals surface area contributed by atoms with Gasteiger partial charge in [0.25, 0.3) is 0 Å². The lowest BCUT2D eigenvalue weighted by Gasteiger charge is -2.17. The summed E-state index contributed by atoms with van der Waals surface area (Å²) >= 11 is 3.22. The molecule has 0 saturated carbocycles. The van der Waals surface area contributed by atoms with Crippen LogP contribution in [-0.4, -0.2) is 26.7 Å². The van der Waals surface area contributed by atoms with Crippen LogP contribution < -0.4 is 4.31 Å². The van der Waals surface area contributed by atoms with Crippen molar-refractivity contribution in [3.63, 3.8) is 0 Å². The third-order valence-corrected chi connectivity index (χ3v) is 6.45. The molecule has 0 atom stereocenters. The van der Waals surface area contributed by atoms with E-state index in [0.29, 0.717) is 28.7 Å². The number of sulfonamides is 1. The predicted molar refractivity (Wildman–Crippen MR) is 95.4 cm³/mol. The van der Waals surface area contributed by atoms with Crippen LogP contribution in [0.25, 0.3) is 0 Å². The quantitative estimate of drug-likeness (QED) is 0.700. The molecule has 0 amide bonds. The minimum Gasteiger partial charge on any atom is -0.457 e. The fraction of sp³-hybridized carbons (Fsp3) is 0.235. The van der Waals surface area contributed by atoms with E-state index in [1.54, 1.807) is 18.2 Å². The van der Waals surface area contributed by atoms with Crippen LogP contribution in [0.4, 0.5) is 10.1 Å². The van der Waals surface area contributed by atoms with Crippen molar-refractivity contribution in [3.05, 3.63) is 63.9 Å². The van der Waals surface area contributed by atoms with Gasteiger partial charge in [-0.15, -0.1) is 0 Å². The van der Waals surface area contributed by atoms with Crippen molar-refractivity contribution < 1.29 is 22.3 Å². The number of ether oxygens (including phenoxy) is 1. The average molecular weight is 428 g/mol. The number of nitrogens with zero attached hydrogens (tertiary/aromatic N) is 1. The summed E-state index contributed by atoms with van der Waals surface area (Å²) in [6, 6.07) is 10.4. The summed E-state index contributed by atoms with van der Waals surface area (Å²) in [5.41, 5.74) is 1.35. The van der Waals surface area contributed by atoms with Crippen LogP contribution >= 0.6 is 15.9 Å². The topological polar surface area (TPSA) is 63.7 Å². The monoisotopic (exact) mass is 427 g/mol. The maximum atomic E-state index is 13.1. The fourth-order valence-corrected chi connectivity index (χ4v) is 4.60. The molecule has 0 spiro atoms. The highest BCUT2D eigenvalue weighted by atomic mass is 79.9. The van der Waals surface area contributed by atoms with Crippen LogP contribution in [0.1, 0.15) is 22.3 Å². The van der Waals surface area contributed by atoms with Crippen molar-refractivity contribution in [1.29, 1.82) is 0 Å². The van der Waals surface area contributed by atoms with E-state index in [2.05, 4.69) is 15.9 Å². The maximum absolute atomic E-state index is 13.1. The molecule has 2 aromatic rings. The Hall–Kier alpha value is -1.93. The van der Waals surface area contributed by atoms with Crippen LogP contribution in [0.2, 0.25) is 0 Å². The molecule has 0 radical (unpaired) electrons. The van der Waals surface area contributed by atoms with Crippen LogP contribution in [0, 0.1) is 5.82 Å². The largest absolute Gasteiger partial charge is 0.457 e. The van der Waals surface area contributed by atoms with Crippen LogP contribution in [0.5, 0.6) is 0 Å². The second-order valence-corrected chi connectivity index (χ2v) is 8.47. The Kier molecular flexibility index (Phi) is 5.10. The second-order valence-electron chi connectivity index (χ2n) is 5.60. The third-order valence-electron chi connectivity index (χ3n) is 3.84. The standard InChI is InChI=1S/C17H15BrFNO4S/c18-16-10-14(19)6-5-13(16)11-24-17(21)12-3-1-4-15(9-12)20-7-2-8-25(20,22)23/h1,3-6,9-10H,2,7-8,11H2. The van der Waals surface area contributed by atoms with Crippen molar-refractivity contribution in [2.45, 2.75) is 13.0 Å². The minimum atomic E-state index is -3.31. The molecule has 1 saturated heterocycles. The smallest absolute Gasteiger partial charge is 0.338 e. The molecular weight excluding hydrogens is 413 g/mol. The van der Waals surface area contributed by atoms with Gasteiger partial charge in [-0.1, -0.05) is 28.1 Å². The highest BCUT2D eigenvalue weighted by molar-refractivity contribution is 9.10. The number of hydrogen-bond acceptors (Lipinski definition) is 4. The molecule has 1 heterocycles. The highest BCUT2D eigenvalue weighted by Crippen LogP contribution is 2.25. The lowest BCUT2D eigenvalue weighted by Crippen LogP contribution is -2.25. The summed E-state index contributed by atoms with van der Waals surface area (Å²) in [6.45, 7) is 0.384. The van der Waals surface area contributed by atoms with E-state index in [4.69, 9.17) is 4.74 Å². The molecule has 0 aromatic heterocycles. The maximum Gasteiger partial charge on any atom is 0.338 e. The van der Waals surface area contributed by atoms with E-state index in [1.165, 1.54) is 28.6 Å². The number of carbonyl (C=O) groups is 1. The Morgan fingerprint density at radius 2 is 2.04 bits per heavy atom. The summed E-state index contributed by atoms with van der Waals surface area (Å²) < 4.78 is 44.1. The zero-order valence-corrected chi connectivity index (χ0v) is 15.5. The molecule has 132 valence electrons. The summed E-state index contributed by atoms with van der Waals surface area (Å²) in [6.07, 6.45) is 0.565. The molecule has 0 N–H and O–H groups in total. The van der Waals surface area contributed by atoms with Crippen molar-refractivity contribution in [2.75, 3.05) is 16.6 Å². The van der Waals surface area contributed by atoms with Crippen molar-refractivity contribution in [3.8, 4) is 0 Å². The fourth-order valence-electron chi connectivity index (χ4n) is 2.58. The van der Waals surface area contributed by atoms with E-state index in [1.807, 2.05) is 0 Å². The van der Waals surface area contributed by atoms with Gasteiger partial charge in [0.15, 0.2) is 0 Å². The van der Waals surface area contributed by atoms with Gasteiger partial charge in [0.2, 0.25) is 10.0 Å². The van der Waals surface area contributed by atoms with Gasteiger partial charge in [0.05, 0.1) is 17.0 Å². The van der Waals surface area contributed by atoms with Gasteiger partial charge < -0.3 is 4.74 Å². The van der Waals surface area contributed by atoms with E-state index >= 15 is 0 Å². The first-order chi connectivity index (χ1) is 11.9. The minimum absolute atomic E-state index is 0.0219. The van der Waals surface area contributed by atoms with E-state index in [-0.39, 0.29) is 23.7 Å². The molecule has 5 nitrogen and oxygen atoms in total. The van der Waals surface area contributed by atoms with Crippen molar-refractivity contribution in [2.24, 2.45) is 0 Å². The predicted octanol–water partition coefficient (Wildman–Crippen LogP) is 3.49. The molecule has 1 aliphatic rings. The van der Waals surface area contributed by atoms with Gasteiger partial charge in [0.1, 0.15) is 12.4 Å². The number of esters is 1. The Morgan fingerprint density at radius 1 is 1.24 bits per heavy atom. The van der Waals surface area contributed by atoms with Gasteiger partial charge in [-0.3, -0.25) is 4.31 Å². The Bertz CT molecular complexity index is 917. The van der Waals surface area contributed by atoms with Gasteiger partial charge in [0, 0.05) is 16.6 Å². The number of rotatable bonds is 4. The third kappa shape index (κ3) is 4.01. The number of anilines is 1.